The first-order valence-electron chi connectivity index (χ1n) is 8.83. The largest absolute Gasteiger partial charge is 0.493 e. The second-order valence-corrected chi connectivity index (χ2v) is 7.28. The molecule has 0 bridgehead atoms. The molecule has 0 radical (unpaired) electrons. The topological polar surface area (TPSA) is 71.3 Å². The Kier molecular flexibility index (Phi) is 6.13. The Balaban J connectivity index is 1.51. The number of amides is 1. The van der Waals surface area contributed by atoms with Crippen LogP contribution in [0, 0.1) is 11.3 Å². The van der Waals surface area contributed by atoms with E-state index in [1.807, 2.05) is 24.3 Å². The molecule has 1 N–H and O–H groups in total. The molecule has 1 aliphatic carbocycles. The van der Waals surface area contributed by atoms with Gasteiger partial charge in [-0.2, -0.15) is 5.26 Å². The SMILES string of the molecule is COc1ccccc1OCCCC(=O)Nc1sc2c(c1C#N)CCCC2. The van der Waals surface area contributed by atoms with E-state index in [-0.39, 0.29) is 5.91 Å². The van der Waals surface area contributed by atoms with Crippen molar-refractivity contribution < 1.29 is 14.3 Å². The number of hydrogen-bond acceptors (Lipinski definition) is 5. The summed E-state index contributed by atoms with van der Waals surface area (Å²) in [6.07, 6.45) is 5.17. The third-order valence-electron chi connectivity index (χ3n) is 4.41. The first-order chi connectivity index (χ1) is 12.7. The number of carbonyl (C=O) groups is 1. The van der Waals surface area contributed by atoms with Crippen LogP contribution in [-0.2, 0) is 17.6 Å². The van der Waals surface area contributed by atoms with Gasteiger partial charge in [-0.1, -0.05) is 12.1 Å². The molecule has 0 fully saturated rings. The molecule has 5 nitrogen and oxygen atoms in total. The average molecular weight is 370 g/mol. The van der Waals surface area contributed by atoms with E-state index < -0.39 is 0 Å². The third kappa shape index (κ3) is 4.17. The van der Waals surface area contributed by atoms with Gasteiger partial charge in [-0.05, 0) is 49.8 Å². The zero-order valence-corrected chi connectivity index (χ0v) is 15.7. The molecule has 0 atom stereocenters. The molecule has 1 heterocycles. The number of hydrogen-bond donors (Lipinski definition) is 1. The molecular formula is C20H22N2O3S. The van der Waals surface area contributed by atoms with E-state index in [1.54, 1.807) is 18.4 Å². The van der Waals surface area contributed by atoms with Crippen molar-refractivity contribution in [3.05, 3.63) is 40.3 Å². The molecule has 1 amide bonds. The first-order valence-corrected chi connectivity index (χ1v) is 9.65. The van der Waals surface area contributed by atoms with Crippen LogP contribution in [0.3, 0.4) is 0 Å². The van der Waals surface area contributed by atoms with E-state index in [0.717, 1.165) is 31.2 Å². The number of methoxy groups -OCH3 is 1. The van der Waals surface area contributed by atoms with Crippen LogP contribution in [0.5, 0.6) is 11.5 Å². The van der Waals surface area contributed by atoms with Crippen molar-refractivity contribution in [2.75, 3.05) is 19.0 Å². The van der Waals surface area contributed by atoms with Crippen LogP contribution in [0.1, 0.15) is 41.7 Å². The highest BCUT2D eigenvalue weighted by Crippen LogP contribution is 2.37. The molecule has 2 aromatic rings. The second-order valence-electron chi connectivity index (χ2n) is 6.18. The van der Waals surface area contributed by atoms with E-state index in [9.17, 15) is 10.1 Å². The van der Waals surface area contributed by atoms with E-state index in [4.69, 9.17) is 9.47 Å². The van der Waals surface area contributed by atoms with Crippen molar-refractivity contribution in [2.45, 2.75) is 38.5 Å². The van der Waals surface area contributed by atoms with Gasteiger partial charge in [0.15, 0.2) is 11.5 Å². The predicted octanol–water partition coefficient (Wildman–Crippen LogP) is 4.30. The normalized spacial score (nSPS) is 12.8. The number of nitrogens with zero attached hydrogens (tertiary/aromatic N) is 1. The van der Waals surface area contributed by atoms with E-state index in [0.29, 0.717) is 41.5 Å². The molecule has 0 saturated heterocycles. The van der Waals surface area contributed by atoms with Crippen LogP contribution in [0.15, 0.2) is 24.3 Å². The molecule has 1 aromatic carbocycles. The summed E-state index contributed by atoms with van der Waals surface area (Å²) in [6.45, 7) is 0.430. The van der Waals surface area contributed by atoms with Gasteiger partial charge in [0, 0.05) is 11.3 Å². The lowest BCUT2D eigenvalue weighted by Gasteiger charge is -2.10. The van der Waals surface area contributed by atoms with Gasteiger partial charge in [-0.3, -0.25) is 4.79 Å². The number of para-hydroxylation sites is 2. The fourth-order valence-electron chi connectivity index (χ4n) is 3.11. The molecule has 26 heavy (non-hydrogen) atoms. The molecule has 1 aliphatic rings. The summed E-state index contributed by atoms with van der Waals surface area (Å²) in [5.74, 6) is 1.27. The highest BCUT2D eigenvalue weighted by molar-refractivity contribution is 7.16. The number of thiophene rings is 1. The molecular weight excluding hydrogens is 348 g/mol. The lowest BCUT2D eigenvalue weighted by molar-refractivity contribution is -0.116. The molecule has 0 aliphatic heterocycles. The van der Waals surface area contributed by atoms with Crippen molar-refractivity contribution in [1.29, 1.82) is 5.26 Å². The highest BCUT2D eigenvalue weighted by Gasteiger charge is 2.21. The number of rotatable bonds is 7. The number of ether oxygens (including phenoxy) is 2. The molecule has 1 aromatic heterocycles. The molecule has 0 unspecified atom stereocenters. The Labute approximate surface area is 157 Å². The van der Waals surface area contributed by atoms with Crippen molar-refractivity contribution in [1.82, 2.24) is 0 Å². The lowest BCUT2D eigenvalue weighted by atomic mass is 9.96. The van der Waals surface area contributed by atoms with Crippen LogP contribution < -0.4 is 14.8 Å². The van der Waals surface area contributed by atoms with Crippen molar-refractivity contribution in [3.63, 3.8) is 0 Å². The van der Waals surface area contributed by atoms with Gasteiger partial charge in [0.05, 0.1) is 19.3 Å². The number of nitriles is 1. The number of aryl methyl sites for hydroxylation is 1. The Morgan fingerprint density at radius 2 is 2.04 bits per heavy atom. The van der Waals surface area contributed by atoms with Crippen LogP contribution >= 0.6 is 11.3 Å². The molecule has 6 heteroatoms. The monoisotopic (exact) mass is 370 g/mol. The minimum absolute atomic E-state index is 0.0799. The van der Waals surface area contributed by atoms with Crippen LogP contribution in [0.4, 0.5) is 5.00 Å². The summed E-state index contributed by atoms with van der Waals surface area (Å²) in [7, 11) is 1.60. The summed E-state index contributed by atoms with van der Waals surface area (Å²) in [4.78, 5) is 13.5. The summed E-state index contributed by atoms with van der Waals surface area (Å²) in [5.41, 5.74) is 1.79. The maximum absolute atomic E-state index is 12.2. The zero-order chi connectivity index (χ0) is 18.4. The van der Waals surface area contributed by atoms with Crippen LogP contribution in [0.25, 0.3) is 0 Å². The van der Waals surface area contributed by atoms with E-state index in [2.05, 4.69) is 11.4 Å². The summed E-state index contributed by atoms with van der Waals surface area (Å²) in [5, 5.41) is 13.1. The first kappa shape index (κ1) is 18.3. The van der Waals surface area contributed by atoms with E-state index >= 15 is 0 Å². The van der Waals surface area contributed by atoms with Crippen molar-refractivity contribution >= 4 is 22.2 Å². The minimum Gasteiger partial charge on any atom is -0.493 e. The van der Waals surface area contributed by atoms with Gasteiger partial charge in [-0.15, -0.1) is 11.3 Å². The smallest absolute Gasteiger partial charge is 0.225 e. The summed E-state index contributed by atoms with van der Waals surface area (Å²) in [6, 6.07) is 9.71. The molecule has 0 spiro atoms. The van der Waals surface area contributed by atoms with Gasteiger partial charge in [0.1, 0.15) is 11.1 Å². The Morgan fingerprint density at radius 3 is 2.81 bits per heavy atom. The molecule has 136 valence electrons. The number of nitrogens with one attached hydrogen (secondary N) is 1. The Bertz CT molecular complexity index is 823. The van der Waals surface area contributed by atoms with Crippen LogP contribution in [-0.4, -0.2) is 19.6 Å². The van der Waals surface area contributed by atoms with E-state index in [1.165, 1.54) is 4.88 Å². The Morgan fingerprint density at radius 1 is 1.27 bits per heavy atom. The van der Waals surface area contributed by atoms with Gasteiger partial charge >= 0.3 is 0 Å². The lowest BCUT2D eigenvalue weighted by Crippen LogP contribution is -2.13. The quantitative estimate of drug-likeness (QED) is 0.738. The number of anilines is 1. The maximum Gasteiger partial charge on any atom is 0.225 e. The molecule has 3 rings (SSSR count). The van der Waals surface area contributed by atoms with Crippen LogP contribution in [0.2, 0.25) is 0 Å². The fraction of sp³-hybridized carbons (Fsp3) is 0.400. The number of carbonyl (C=O) groups excluding carboxylic acids is 1. The second kappa shape index (κ2) is 8.72. The maximum atomic E-state index is 12.2. The number of fused-ring (bicyclic) bond motifs is 1. The average Bonchev–Trinajstić information content (AvgIpc) is 3.02. The predicted molar refractivity (Wildman–Crippen MR) is 102 cm³/mol. The van der Waals surface area contributed by atoms with Gasteiger partial charge in [0.25, 0.3) is 0 Å². The summed E-state index contributed by atoms with van der Waals surface area (Å²) >= 11 is 1.55. The fourth-order valence-corrected chi connectivity index (χ4v) is 4.37. The number of benzene rings is 1. The van der Waals surface area contributed by atoms with Crippen molar-refractivity contribution in [3.8, 4) is 17.6 Å². The van der Waals surface area contributed by atoms with Gasteiger partial charge in [0.2, 0.25) is 5.91 Å². The zero-order valence-electron chi connectivity index (χ0n) is 14.8. The minimum atomic E-state index is -0.0799. The summed E-state index contributed by atoms with van der Waals surface area (Å²) < 4.78 is 10.9. The van der Waals surface area contributed by atoms with Gasteiger partial charge in [-0.25, -0.2) is 0 Å². The molecule has 0 saturated carbocycles. The van der Waals surface area contributed by atoms with Gasteiger partial charge < -0.3 is 14.8 Å². The Hall–Kier alpha value is -2.52. The highest BCUT2D eigenvalue weighted by atomic mass is 32.1. The standard InChI is InChI=1S/C20H22N2O3S/c1-24-16-8-3-4-9-17(16)25-12-6-11-19(23)22-20-15(13-21)14-7-2-5-10-18(14)26-20/h3-4,8-9H,2,5-7,10-12H2,1H3,(H,22,23). The third-order valence-corrected chi connectivity index (χ3v) is 5.62. The van der Waals surface area contributed by atoms with Crippen molar-refractivity contribution in [2.24, 2.45) is 0 Å².